The number of benzene rings is 1. The monoisotopic (exact) mass is 437 g/mol. The number of esters is 2. The van der Waals surface area contributed by atoms with Crippen molar-refractivity contribution >= 4 is 34.2 Å². The summed E-state index contributed by atoms with van der Waals surface area (Å²) in [6, 6.07) is 2.95. The molecule has 1 N–H and O–H groups in total. The van der Waals surface area contributed by atoms with Crippen LogP contribution < -0.4 is 5.32 Å². The molecule has 0 saturated carbocycles. The zero-order chi connectivity index (χ0) is 21.8. The zero-order valence-electron chi connectivity index (χ0n) is 16.6. The number of amides is 1. The van der Waals surface area contributed by atoms with Gasteiger partial charge in [0.15, 0.2) is 6.61 Å². The normalized spacial score (nSPS) is 15.3. The lowest BCUT2D eigenvalue weighted by Gasteiger charge is -2.18. The van der Waals surface area contributed by atoms with Crippen LogP contribution in [0.5, 0.6) is 0 Å². The van der Waals surface area contributed by atoms with Gasteiger partial charge in [0, 0.05) is 4.88 Å². The second kappa shape index (κ2) is 9.34. The highest BCUT2D eigenvalue weighted by atomic mass is 32.1. The predicted octanol–water partition coefficient (Wildman–Crippen LogP) is 4.12. The van der Waals surface area contributed by atoms with Crippen molar-refractivity contribution in [1.29, 1.82) is 0 Å². The predicted molar refractivity (Wildman–Crippen MR) is 107 cm³/mol. The van der Waals surface area contributed by atoms with Crippen molar-refractivity contribution in [3.63, 3.8) is 0 Å². The first-order valence-electron chi connectivity index (χ1n) is 9.54. The summed E-state index contributed by atoms with van der Waals surface area (Å²) in [4.78, 5) is 37.7. The Morgan fingerprint density at radius 1 is 1.13 bits per heavy atom. The summed E-state index contributed by atoms with van der Waals surface area (Å²) in [6.45, 7) is 3.25. The maximum Gasteiger partial charge on any atom is 0.344 e. The Balaban J connectivity index is 1.73. The number of thiophene rings is 1. The highest BCUT2D eigenvalue weighted by Gasteiger charge is 2.29. The molecule has 0 radical (unpaired) electrons. The van der Waals surface area contributed by atoms with Crippen LogP contribution in [0.2, 0.25) is 0 Å². The number of carbonyl (C=O) groups excluding carboxylic acids is 3. The lowest BCUT2D eigenvalue weighted by Crippen LogP contribution is -2.22. The van der Waals surface area contributed by atoms with Crippen molar-refractivity contribution in [1.82, 2.24) is 0 Å². The highest BCUT2D eigenvalue weighted by Crippen LogP contribution is 2.40. The summed E-state index contributed by atoms with van der Waals surface area (Å²) in [5.41, 5.74) is 0.332. The second-order valence-corrected chi connectivity index (χ2v) is 8.10. The molecule has 6 nitrogen and oxygen atoms in total. The van der Waals surface area contributed by atoms with Crippen molar-refractivity contribution in [2.24, 2.45) is 5.92 Å². The fraction of sp³-hybridized carbons (Fsp3) is 0.381. The van der Waals surface area contributed by atoms with Crippen LogP contribution in [0.3, 0.4) is 0 Å². The number of anilines is 1. The Labute approximate surface area is 176 Å². The van der Waals surface area contributed by atoms with E-state index in [2.05, 4.69) is 12.2 Å². The first-order valence-corrected chi connectivity index (χ1v) is 10.4. The Morgan fingerprint density at radius 3 is 2.47 bits per heavy atom. The summed E-state index contributed by atoms with van der Waals surface area (Å²) in [5, 5.41) is 2.90. The van der Waals surface area contributed by atoms with E-state index in [-0.39, 0.29) is 6.61 Å². The molecule has 1 atom stereocenters. The SMILES string of the molecule is CCOC(=O)c1c(NC(=O)COC(=O)c2c(F)cccc2F)sc2c1CC[C@H](C)C2. The molecule has 0 fully saturated rings. The molecule has 30 heavy (non-hydrogen) atoms. The van der Waals surface area contributed by atoms with Crippen molar-refractivity contribution in [2.75, 3.05) is 18.5 Å². The number of nitrogens with one attached hydrogen (secondary N) is 1. The third-order valence-corrected chi connectivity index (χ3v) is 5.92. The number of fused-ring (bicyclic) bond motifs is 1. The van der Waals surface area contributed by atoms with Gasteiger partial charge in [-0.2, -0.15) is 0 Å². The average Bonchev–Trinajstić information content (AvgIpc) is 3.03. The minimum absolute atomic E-state index is 0.194. The van der Waals surface area contributed by atoms with E-state index in [0.29, 0.717) is 22.9 Å². The smallest absolute Gasteiger partial charge is 0.344 e. The first kappa shape index (κ1) is 21.9. The fourth-order valence-corrected chi connectivity index (χ4v) is 4.73. The second-order valence-electron chi connectivity index (χ2n) is 7.00. The summed E-state index contributed by atoms with van der Waals surface area (Å²) in [7, 11) is 0. The summed E-state index contributed by atoms with van der Waals surface area (Å²) >= 11 is 1.29. The van der Waals surface area contributed by atoms with Crippen LogP contribution in [0.1, 0.15) is 51.4 Å². The molecule has 160 valence electrons. The van der Waals surface area contributed by atoms with Crippen molar-refractivity contribution in [3.8, 4) is 0 Å². The number of hydrogen-bond donors (Lipinski definition) is 1. The molecule has 1 heterocycles. The van der Waals surface area contributed by atoms with Gasteiger partial charge in [0.1, 0.15) is 22.2 Å². The molecule has 1 aliphatic carbocycles. The van der Waals surface area contributed by atoms with Crippen molar-refractivity contribution < 1.29 is 32.6 Å². The molecule has 0 spiro atoms. The minimum atomic E-state index is -1.29. The van der Waals surface area contributed by atoms with Gasteiger partial charge in [-0.15, -0.1) is 11.3 Å². The quantitative estimate of drug-likeness (QED) is 0.688. The number of carbonyl (C=O) groups is 3. The average molecular weight is 437 g/mol. The van der Waals surface area contributed by atoms with Crippen LogP contribution in [0.25, 0.3) is 0 Å². The van der Waals surface area contributed by atoms with Crippen LogP contribution >= 0.6 is 11.3 Å². The fourth-order valence-electron chi connectivity index (χ4n) is 3.32. The van der Waals surface area contributed by atoms with E-state index < -0.39 is 41.7 Å². The largest absolute Gasteiger partial charge is 0.462 e. The van der Waals surface area contributed by atoms with Crippen LogP contribution in [-0.2, 0) is 27.1 Å². The number of halogens is 2. The molecular weight excluding hydrogens is 416 g/mol. The number of ether oxygens (including phenoxy) is 2. The van der Waals surface area contributed by atoms with Crippen molar-refractivity contribution in [2.45, 2.75) is 33.1 Å². The molecule has 0 aliphatic heterocycles. The molecule has 1 aromatic heterocycles. The Hall–Kier alpha value is -2.81. The molecule has 0 bridgehead atoms. The molecule has 1 aliphatic rings. The molecular formula is C21H21F2NO5S. The van der Waals surface area contributed by atoms with Crippen molar-refractivity contribution in [3.05, 3.63) is 51.4 Å². The van der Waals surface area contributed by atoms with Crippen LogP contribution in [0.4, 0.5) is 13.8 Å². The lowest BCUT2D eigenvalue weighted by molar-refractivity contribution is -0.119. The molecule has 9 heteroatoms. The zero-order valence-corrected chi connectivity index (χ0v) is 17.4. The van der Waals surface area contributed by atoms with Gasteiger partial charge in [-0.05, 0) is 49.8 Å². The van der Waals surface area contributed by atoms with Gasteiger partial charge >= 0.3 is 11.9 Å². The number of rotatable bonds is 6. The molecule has 0 unspecified atom stereocenters. The molecule has 3 rings (SSSR count). The Morgan fingerprint density at radius 2 is 1.80 bits per heavy atom. The highest BCUT2D eigenvalue weighted by molar-refractivity contribution is 7.17. The minimum Gasteiger partial charge on any atom is -0.462 e. The van der Waals surface area contributed by atoms with E-state index in [1.807, 2.05) is 0 Å². The Bertz CT molecular complexity index is 968. The first-order chi connectivity index (χ1) is 14.3. The maximum atomic E-state index is 13.7. The van der Waals surface area contributed by atoms with Gasteiger partial charge in [-0.1, -0.05) is 13.0 Å². The van der Waals surface area contributed by atoms with E-state index in [1.165, 1.54) is 11.3 Å². The van der Waals surface area contributed by atoms with E-state index in [4.69, 9.17) is 9.47 Å². The van der Waals surface area contributed by atoms with Crippen LogP contribution in [-0.4, -0.2) is 31.1 Å². The van der Waals surface area contributed by atoms with E-state index in [0.717, 1.165) is 41.5 Å². The third kappa shape index (κ3) is 4.67. The topological polar surface area (TPSA) is 81.7 Å². The Kier molecular flexibility index (Phi) is 6.81. The third-order valence-electron chi connectivity index (χ3n) is 4.75. The summed E-state index contributed by atoms with van der Waals surface area (Å²) < 4.78 is 37.2. The van der Waals surface area contributed by atoms with Gasteiger partial charge < -0.3 is 14.8 Å². The van der Waals surface area contributed by atoms with Gasteiger partial charge in [0.05, 0.1) is 12.2 Å². The lowest BCUT2D eigenvalue weighted by atomic mass is 9.88. The standard InChI is InChI=1S/C21H21F2NO5S/c1-3-28-20(26)17-12-8-7-11(2)9-15(12)30-19(17)24-16(25)10-29-21(27)18-13(22)5-4-6-14(18)23/h4-6,11H,3,7-10H2,1-2H3,(H,24,25)/t11-/m0/s1. The van der Waals surface area contributed by atoms with Crippen LogP contribution in [0.15, 0.2) is 18.2 Å². The van der Waals surface area contributed by atoms with Gasteiger partial charge in [0.25, 0.3) is 5.91 Å². The van der Waals surface area contributed by atoms with Gasteiger partial charge in [0.2, 0.25) is 0 Å². The summed E-state index contributed by atoms with van der Waals surface area (Å²) in [5.74, 6) is -4.23. The molecule has 1 aromatic carbocycles. The van der Waals surface area contributed by atoms with Gasteiger partial charge in [-0.25, -0.2) is 18.4 Å². The molecule has 1 amide bonds. The van der Waals surface area contributed by atoms with E-state index in [1.54, 1.807) is 6.92 Å². The number of hydrogen-bond acceptors (Lipinski definition) is 6. The maximum absolute atomic E-state index is 13.7. The van der Waals surface area contributed by atoms with Crippen LogP contribution in [0, 0.1) is 17.6 Å². The summed E-state index contributed by atoms with van der Waals surface area (Å²) in [6.07, 6.45) is 2.43. The van der Waals surface area contributed by atoms with Gasteiger partial charge in [-0.3, -0.25) is 4.79 Å². The van der Waals surface area contributed by atoms with E-state index >= 15 is 0 Å². The molecule has 0 saturated heterocycles. The van der Waals surface area contributed by atoms with E-state index in [9.17, 15) is 23.2 Å². The molecule has 2 aromatic rings.